The second-order valence-corrected chi connectivity index (χ2v) is 3.81. The predicted molar refractivity (Wildman–Crippen MR) is 51.6 cm³/mol. The molecule has 1 aliphatic rings. The van der Waals surface area contributed by atoms with Crippen molar-refractivity contribution < 1.29 is 9.90 Å². The van der Waals surface area contributed by atoms with Gasteiger partial charge in [-0.1, -0.05) is 0 Å². The largest absolute Gasteiger partial charge is 0.385 e. The zero-order chi connectivity index (χ0) is 10.8. The van der Waals surface area contributed by atoms with Crippen molar-refractivity contribution >= 4 is 5.91 Å². The number of nitrogens with zero attached hydrogens (tertiary/aromatic N) is 2. The molecule has 1 heterocycles. The van der Waals surface area contributed by atoms with Crippen LogP contribution in [0.25, 0.3) is 0 Å². The van der Waals surface area contributed by atoms with Gasteiger partial charge in [0.15, 0.2) is 5.82 Å². The van der Waals surface area contributed by atoms with Gasteiger partial charge in [-0.2, -0.15) is 5.10 Å². The molecule has 1 aromatic rings. The van der Waals surface area contributed by atoms with E-state index in [1.165, 1.54) is 0 Å². The number of H-pyrrole nitrogens is 1. The highest BCUT2D eigenvalue weighted by molar-refractivity contribution is 5.80. The number of aliphatic hydroxyl groups excluding tert-OH is 1. The summed E-state index contributed by atoms with van der Waals surface area (Å²) in [6.45, 7) is 1.94. The Kier molecular flexibility index (Phi) is 2.68. The number of hydrogen-bond acceptors (Lipinski definition) is 4. The van der Waals surface area contributed by atoms with Crippen LogP contribution in [0, 0.1) is 5.92 Å². The number of hydrogen-bond donors (Lipinski definition) is 3. The average molecular weight is 210 g/mol. The molecule has 1 atom stereocenters. The molecule has 1 fully saturated rings. The number of aliphatic hydroxyl groups is 1. The average Bonchev–Trinajstić information content (AvgIpc) is 2.93. The lowest BCUT2D eigenvalue weighted by molar-refractivity contribution is -0.122. The summed E-state index contributed by atoms with van der Waals surface area (Å²) >= 11 is 0. The fourth-order valence-electron chi connectivity index (χ4n) is 1.24. The van der Waals surface area contributed by atoms with Crippen molar-refractivity contribution in [3.8, 4) is 0 Å². The van der Waals surface area contributed by atoms with E-state index >= 15 is 0 Å². The highest BCUT2D eigenvalue weighted by Gasteiger charge is 2.29. The SMILES string of the molecule is C[C@@H](O)c1n[nH]c(CNC(=O)C2CC2)n1. The minimum atomic E-state index is -0.686. The number of nitrogens with one attached hydrogen (secondary N) is 2. The second-order valence-electron chi connectivity index (χ2n) is 3.81. The van der Waals surface area contributed by atoms with Crippen molar-refractivity contribution in [1.29, 1.82) is 0 Å². The van der Waals surface area contributed by atoms with E-state index in [0.717, 1.165) is 12.8 Å². The standard InChI is InChI=1S/C9H14N4O2/c1-5(14)8-11-7(12-13-8)4-10-9(15)6-2-3-6/h5-6,14H,2-4H2,1H3,(H,10,15)(H,11,12,13)/t5-/m1/s1. The van der Waals surface area contributed by atoms with Crippen LogP contribution in [-0.4, -0.2) is 26.2 Å². The molecule has 2 rings (SSSR count). The molecule has 0 saturated heterocycles. The van der Waals surface area contributed by atoms with Gasteiger partial charge in [-0.25, -0.2) is 4.98 Å². The Balaban J connectivity index is 1.84. The minimum absolute atomic E-state index is 0.0741. The van der Waals surface area contributed by atoms with E-state index in [4.69, 9.17) is 0 Å². The van der Waals surface area contributed by atoms with E-state index in [0.29, 0.717) is 18.2 Å². The van der Waals surface area contributed by atoms with Crippen LogP contribution in [0.5, 0.6) is 0 Å². The third kappa shape index (κ3) is 2.53. The molecule has 0 aliphatic heterocycles. The summed E-state index contributed by atoms with van der Waals surface area (Å²) in [6, 6.07) is 0. The molecule has 0 spiro atoms. The summed E-state index contributed by atoms with van der Waals surface area (Å²) in [6.07, 6.45) is 1.29. The lowest BCUT2D eigenvalue weighted by Crippen LogP contribution is -2.24. The monoisotopic (exact) mass is 210 g/mol. The van der Waals surface area contributed by atoms with Gasteiger partial charge < -0.3 is 10.4 Å². The molecule has 0 unspecified atom stereocenters. The summed E-state index contributed by atoms with van der Waals surface area (Å²) in [5.41, 5.74) is 0. The first-order valence-corrected chi connectivity index (χ1v) is 5.04. The molecule has 1 aromatic heterocycles. The Hall–Kier alpha value is -1.43. The van der Waals surface area contributed by atoms with Crippen LogP contribution >= 0.6 is 0 Å². The number of rotatable bonds is 4. The van der Waals surface area contributed by atoms with Gasteiger partial charge in [-0.05, 0) is 19.8 Å². The van der Waals surface area contributed by atoms with Crippen molar-refractivity contribution in [1.82, 2.24) is 20.5 Å². The van der Waals surface area contributed by atoms with E-state index in [1.54, 1.807) is 6.92 Å². The van der Waals surface area contributed by atoms with Crippen molar-refractivity contribution in [3.05, 3.63) is 11.6 Å². The van der Waals surface area contributed by atoms with Crippen LogP contribution in [-0.2, 0) is 11.3 Å². The van der Waals surface area contributed by atoms with E-state index in [2.05, 4.69) is 20.5 Å². The summed E-state index contributed by atoms with van der Waals surface area (Å²) in [5, 5.41) is 18.4. The summed E-state index contributed by atoms with van der Waals surface area (Å²) < 4.78 is 0. The normalized spacial score (nSPS) is 17.5. The first kappa shape index (κ1) is 10.1. The zero-order valence-corrected chi connectivity index (χ0v) is 8.53. The quantitative estimate of drug-likeness (QED) is 0.646. The summed E-state index contributed by atoms with van der Waals surface area (Å²) in [5.74, 6) is 1.19. The molecule has 0 radical (unpaired) electrons. The summed E-state index contributed by atoms with van der Waals surface area (Å²) in [7, 11) is 0. The first-order valence-electron chi connectivity index (χ1n) is 5.04. The molecular weight excluding hydrogens is 196 g/mol. The predicted octanol–water partition coefficient (Wildman–Crippen LogP) is -0.116. The van der Waals surface area contributed by atoms with Crippen molar-refractivity contribution in [2.45, 2.75) is 32.4 Å². The van der Waals surface area contributed by atoms with Gasteiger partial charge in [0.2, 0.25) is 5.91 Å². The molecule has 6 nitrogen and oxygen atoms in total. The Labute approximate surface area is 87.1 Å². The lowest BCUT2D eigenvalue weighted by Gasteiger charge is -1.99. The Morgan fingerprint density at radius 3 is 3.00 bits per heavy atom. The van der Waals surface area contributed by atoms with Gasteiger partial charge >= 0.3 is 0 Å². The Bertz CT molecular complexity index is 357. The van der Waals surface area contributed by atoms with E-state index in [9.17, 15) is 9.90 Å². The van der Waals surface area contributed by atoms with Gasteiger partial charge in [0.1, 0.15) is 11.9 Å². The van der Waals surface area contributed by atoms with E-state index in [1.807, 2.05) is 0 Å². The molecule has 1 aliphatic carbocycles. The van der Waals surface area contributed by atoms with Crippen LogP contribution in [0.3, 0.4) is 0 Å². The molecular formula is C9H14N4O2. The molecule has 82 valence electrons. The van der Waals surface area contributed by atoms with Crippen LogP contribution < -0.4 is 5.32 Å². The van der Waals surface area contributed by atoms with Gasteiger partial charge in [0, 0.05) is 5.92 Å². The highest BCUT2D eigenvalue weighted by Crippen LogP contribution is 2.28. The van der Waals surface area contributed by atoms with E-state index in [-0.39, 0.29) is 11.8 Å². The third-order valence-corrected chi connectivity index (χ3v) is 2.30. The van der Waals surface area contributed by atoms with Crippen molar-refractivity contribution in [3.63, 3.8) is 0 Å². The molecule has 1 saturated carbocycles. The minimum Gasteiger partial charge on any atom is -0.385 e. The topological polar surface area (TPSA) is 90.9 Å². The summed E-state index contributed by atoms with van der Waals surface area (Å²) in [4.78, 5) is 15.3. The number of aromatic nitrogens is 3. The maximum Gasteiger partial charge on any atom is 0.223 e. The van der Waals surface area contributed by atoms with Gasteiger partial charge in [0.25, 0.3) is 0 Å². The van der Waals surface area contributed by atoms with Crippen LogP contribution in [0.1, 0.15) is 37.5 Å². The second kappa shape index (κ2) is 3.98. The van der Waals surface area contributed by atoms with Crippen molar-refractivity contribution in [2.75, 3.05) is 0 Å². The fourth-order valence-corrected chi connectivity index (χ4v) is 1.24. The van der Waals surface area contributed by atoms with Crippen LogP contribution in [0.2, 0.25) is 0 Å². The fraction of sp³-hybridized carbons (Fsp3) is 0.667. The highest BCUT2D eigenvalue weighted by atomic mass is 16.3. The molecule has 15 heavy (non-hydrogen) atoms. The Morgan fingerprint density at radius 1 is 1.73 bits per heavy atom. The number of amides is 1. The van der Waals surface area contributed by atoms with E-state index < -0.39 is 6.10 Å². The van der Waals surface area contributed by atoms with Crippen molar-refractivity contribution in [2.24, 2.45) is 5.92 Å². The molecule has 0 bridgehead atoms. The lowest BCUT2D eigenvalue weighted by atomic mass is 10.4. The molecule has 3 N–H and O–H groups in total. The van der Waals surface area contributed by atoms with Crippen LogP contribution in [0.4, 0.5) is 0 Å². The molecule has 1 amide bonds. The number of carbonyl (C=O) groups excluding carboxylic acids is 1. The number of aromatic amines is 1. The van der Waals surface area contributed by atoms with Gasteiger partial charge in [-0.15, -0.1) is 0 Å². The third-order valence-electron chi connectivity index (χ3n) is 2.30. The maximum atomic E-state index is 11.3. The maximum absolute atomic E-state index is 11.3. The number of carbonyl (C=O) groups is 1. The zero-order valence-electron chi connectivity index (χ0n) is 8.53. The first-order chi connectivity index (χ1) is 7.16. The molecule has 0 aromatic carbocycles. The van der Waals surface area contributed by atoms with Gasteiger partial charge in [-0.3, -0.25) is 9.89 Å². The van der Waals surface area contributed by atoms with Crippen LogP contribution in [0.15, 0.2) is 0 Å². The van der Waals surface area contributed by atoms with Gasteiger partial charge in [0.05, 0.1) is 6.54 Å². The Morgan fingerprint density at radius 2 is 2.47 bits per heavy atom. The smallest absolute Gasteiger partial charge is 0.223 e. The molecule has 6 heteroatoms.